The number of carbonyl (C=O) groups excluding carboxylic acids is 2. The zero-order chi connectivity index (χ0) is 27.0. The Morgan fingerprint density at radius 1 is 1.05 bits per heavy atom. The van der Waals surface area contributed by atoms with E-state index in [9.17, 15) is 19.5 Å². The van der Waals surface area contributed by atoms with Gasteiger partial charge < -0.3 is 25.0 Å². The average molecular weight is 507 g/mol. The molecule has 196 valence electrons. The molecule has 2 unspecified atom stereocenters. The van der Waals surface area contributed by atoms with Crippen LogP contribution in [0.1, 0.15) is 50.8 Å². The van der Waals surface area contributed by atoms with Gasteiger partial charge in [-0.3, -0.25) is 9.59 Å². The topological polar surface area (TPSA) is 123 Å². The van der Waals surface area contributed by atoms with E-state index in [0.29, 0.717) is 24.2 Å². The number of hydrogen-bond donors (Lipinski definition) is 3. The van der Waals surface area contributed by atoms with E-state index in [2.05, 4.69) is 15.6 Å². The summed E-state index contributed by atoms with van der Waals surface area (Å²) in [6, 6.07) is 14.8. The van der Waals surface area contributed by atoms with Crippen LogP contribution in [0.15, 0.2) is 67.1 Å². The number of ether oxygens (including phenoxy) is 1. The van der Waals surface area contributed by atoms with Crippen LogP contribution in [-0.4, -0.2) is 45.6 Å². The fraction of sp³-hybridized carbons (Fsp3) is 0.357. The van der Waals surface area contributed by atoms with Gasteiger partial charge >= 0.3 is 5.97 Å². The third kappa shape index (κ3) is 7.67. The second-order valence-corrected chi connectivity index (χ2v) is 9.86. The van der Waals surface area contributed by atoms with Gasteiger partial charge in [-0.25, -0.2) is 9.78 Å². The number of anilines is 1. The van der Waals surface area contributed by atoms with Crippen molar-refractivity contribution in [1.82, 2.24) is 14.9 Å². The van der Waals surface area contributed by atoms with Crippen LogP contribution >= 0.6 is 0 Å². The molecule has 0 aliphatic carbocycles. The number of amides is 2. The summed E-state index contributed by atoms with van der Waals surface area (Å²) in [5, 5.41) is 15.4. The van der Waals surface area contributed by atoms with Gasteiger partial charge in [0.25, 0.3) is 0 Å². The lowest BCUT2D eigenvalue weighted by Crippen LogP contribution is -2.47. The minimum absolute atomic E-state index is 0.197. The maximum atomic E-state index is 13.2. The second kappa shape index (κ2) is 12.2. The summed E-state index contributed by atoms with van der Waals surface area (Å²) in [6.45, 7) is 5.36. The molecular weight excluding hydrogens is 472 g/mol. The first-order valence-corrected chi connectivity index (χ1v) is 12.1. The number of nitrogens with zero attached hydrogens (tertiary/aromatic N) is 2. The van der Waals surface area contributed by atoms with Crippen LogP contribution in [0.25, 0.3) is 0 Å². The highest BCUT2D eigenvalue weighted by Gasteiger charge is 2.28. The quantitative estimate of drug-likeness (QED) is 0.361. The minimum atomic E-state index is -1.07. The molecule has 0 aliphatic rings. The van der Waals surface area contributed by atoms with Gasteiger partial charge in [-0.2, -0.15) is 0 Å². The highest BCUT2D eigenvalue weighted by Crippen LogP contribution is 2.23. The predicted molar refractivity (Wildman–Crippen MR) is 140 cm³/mol. The summed E-state index contributed by atoms with van der Waals surface area (Å²) in [4.78, 5) is 42.0. The third-order valence-corrected chi connectivity index (χ3v) is 5.92. The van der Waals surface area contributed by atoms with Gasteiger partial charge in [-0.1, -0.05) is 63.2 Å². The van der Waals surface area contributed by atoms with Gasteiger partial charge in [0, 0.05) is 11.6 Å². The number of aryl methyl sites for hydroxylation is 1. The molecule has 37 heavy (non-hydrogen) atoms. The highest BCUT2D eigenvalue weighted by molar-refractivity contribution is 5.97. The molecule has 9 nitrogen and oxygen atoms in total. The number of nitrogens with one attached hydrogen (secondary N) is 2. The molecule has 0 fully saturated rings. The van der Waals surface area contributed by atoms with E-state index in [1.54, 1.807) is 45.0 Å². The van der Waals surface area contributed by atoms with E-state index >= 15 is 0 Å². The fourth-order valence-electron chi connectivity index (χ4n) is 3.78. The summed E-state index contributed by atoms with van der Waals surface area (Å²) < 4.78 is 6.56. The smallest absolute Gasteiger partial charge is 0.331 e. The molecule has 0 saturated heterocycles. The summed E-state index contributed by atoms with van der Waals surface area (Å²) in [6.07, 6.45) is 4.73. The van der Waals surface area contributed by atoms with E-state index in [-0.39, 0.29) is 11.7 Å². The van der Waals surface area contributed by atoms with Gasteiger partial charge in [0.15, 0.2) is 11.9 Å². The first kappa shape index (κ1) is 27.4. The lowest BCUT2D eigenvalue weighted by molar-refractivity contribution is -0.139. The number of imidazole rings is 1. The molecular formula is C28H34N4O5. The zero-order valence-electron chi connectivity index (χ0n) is 21.6. The summed E-state index contributed by atoms with van der Waals surface area (Å²) in [5.74, 6) is -0.905. The van der Waals surface area contributed by atoms with Crippen molar-refractivity contribution in [1.29, 1.82) is 0 Å². The largest absolute Gasteiger partial charge is 0.497 e. The minimum Gasteiger partial charge on any atom is -0.497 e. The van der Waals surface area contributed by atoms with E-state index < -0.39 is 29.4 Å². The van der Waals surface area contributed by atoms with Crippen molar-refractivity contribution in [2.75, 3.05) is 12.4 Å². The van der Waals surface area contributed by atoms with Gasteiger partial charge in [0.1, 0.15) is 11.8 Å². The normalized spacial score (nSPS) is 12.9. The van der Waals surface area contributed by atoms with Crippen molar-refractivity contribution in [3.8, 4) is 5.75 Å². The Hall–Kier alpha value is -4.14. The molecule has 1 heterocycles. The van der Waals surface area contributed by atoms with E-state index in [4.69, 9.17) is 4.74 Å². The van der Waals surface area contributed by atoms with Gasteiger partial charge in [-0.05, 0) is 42.5 Å². The molecule has 0 spiro atoms. The summed E-state index contributed by atoms with van der Waals surface area (Å²) in [5.41, 5.74) is 1.02. The Balaban J connectivity index is 1.73. The number of rotatable bonds is 11. The van der Waals surface area contributed by atoms with Crippen molar-refractivity contribution < 1.29 is 24.2 Å². The van der Waals surface area contributed by atoms with Crippen molar-refractivity contribution in [3.63, 3.8) is 0 Å². The molecule has 2 aromatic carbocycles. The fourth-order valence-corrected chi connectivity index (χ4v) is 3.78. The maximum absolute atomic E-state index is 13.2. The van der Waals surface area contributed by atoms with Crippen LogP contribution in [0.4, 0.5) is 5.82 Å². The number of aliphatic carboxylic acids is 1. The SMILES string of the molecule is COc1ccc(C(C(=O)O)n2cnc(NC(=O)C(CCCc3ccccc3)NC(=O)C(C)(C)C)c2)cc1. The van der Waals surface area contributed by atoms with Gasteiger partial charge in [0.05, 0.1) is 13.4 Å². The van der Waals surface area contributed by atoms with Crippen LogP contribution in [0.5, 0.6) is 5.75 Å². The standard InChI is InChI=1S/C28H34N4O5/c1-28(2,3)27(36)30-22(12-8-11-19-9-6-5-7-10-19)25(33)31-23-17-32(18-29-23)24(26(34)35)20-13-15-21(37-4)16-14-20/h5-7,9-10,13-18,22,24H,8,11-12H2,1-4H3,(H,30,36)(H,31,33)(H,34,35). The number of carbonyl (C=O) groups is 3. The molecule has 3 rings (SSSR count). The highest BCUT2D eigenvalue weighted by atomic mass is 16.5. The number of methoxy groups -OCH3 is 1. The monoisotopic (exact) mass is 506 g/mol. The van der Waals surface area contributed by atoms with E-state index in [1.807, 2.05) is 30.3 Å². The molecule has 1 aromatic heterocycles. The number of benzene rings is 2. The summed E-state index contributed by atoms with van der Waals surface area (Å²) >= 11 is 0. The second-order valence-electron chi connectivity index (χ2n) is 9.86. The molecule has 0 saturated carbocycles. The lowest BCUT2D eigenvalue weighted by Gasteiger charge is -2.23. The molecule has 2 atom stereocenters. The van der Waals surface area contributed by atoms with Crippen molar-refractivity contribution in [2.45, 2.75) is 52.1 Å². The number of hydrogen-bond acceptors (Lipinski definition) is 5. The van der Waals surface area contributed by atoms with Gasteiger partial charge in [0.2, 0.25) is 11.8 Å². The first-order valence-electron chi connectivity index (χ1n) is 12.1. The molecule has 9 heteroatoms. The van der Waals surface area contributed by atoms with Crippen molar-refractivity contribution in [2.24, 2.45) is 5.41 Å². The van der Waals surface area contributed by atoms with Crippen LogP contribution in [-0.2, 0) is 20.8 Å². The average Bonchev–Trinajstić information content (AvgIpc) is 3.31. The first-order chi connectivity index (χ1) is 17.6. The van der Waals surface area contributed by atoms with E-state index in [0.717, 1.165) is 12.0 Å². The Morgan fingerprint density at radius 2 is 1.73 bits per heavy atom. The van der Waals surface area contributed by atoms with Crippen LogP contribution in [0, 0.1) is 5.41 Å². The predicted octanol–water partition coefficient (Wildman–Crippen LogP) is 4.06. The number of aromatic nitrogens is 2. The Labute approximate surface area is 216 Å². The Bertz CT molecular complexity index is 1200. The molecule has 0 aliphatic heterocycles. The Morgan fingerprint density at radius 3 is 2.32 bits per heavy atom. The molecule has 3 N–H and O–H groups in total. The molecule has 0 radical (unpaired) electrons. The maximum Gasteiger partial charge on any atom is 0.331 e. The van der Waals surface area contributed by atoms with Crippen LogP contribution in [0.2, 0.25) is 0 Å². The third-order valence-electron chi connectivity index (χ3n) is 5.92. The van der Waals surface area contributed by atoms with E-state index in [1.165, 1.54) is 24.2 Å². The summed E-state index contributed by atoms with van der Waals surface area (Å²) in [7, 11) is 1.54. The van der Waals surface area contributed by atoms with Gasteiger partial charge in [-0.15, -0.1) is 0 Å². The zero-order valence-corrected chi connectivity index (χ0v) is 21.6. The molecule has 2 amide bonds. The molecule has 3 aromatic rings. The lowest BCUT2D eigenvalue weighted by atomic mass is 9.94. The molecule has 0 bridgehead atoms. The van der Waals surface area contributed by atoms with Crippen LogP contribution in [0.3, 0.4) is 0 Å². The van der Waals surface area contributed by atoms with Crippen molar-refractivity contribution in [3.05, 3.63) is 78.2 Å². The number of carboxylic acid groups (broad SMARTS) is 1. The van der Waals surface area contributed by atoms with Crippen molar-refractivity contribution >= 4 is 23.6 Å². The Kier molecular flexibility index (Phi) is 9.05. The van der Waals surface area contributed by atoms with Crippen LogP contribution < -0.4 is 15.4 Å². The number of carboxylic acids is 1.